The van der Waals surface area contributed by atoms with Crippen molar-refractivity contribution in [2.45, 2.75) is 23.1 Å². The molecule has 0 radical (unpaired) electrons. The van der Waals surface area contributed by atoms with Gasteiger partial charge in [0.05, 0.1) is 5.75 Å². The molecule has 0 aliphatic heterocycles. The summed E-state index contributed by atoms with van der Waals surface area (Å²) in [6.07, 6.45) is -3.12. The fourth-order valence-corrected chi connectivity index (χ4v) is 2.99. The Bertz CT molecular complexity index is 706. The molecule has 0 saturated carbocycles. The van der Waals surface area contributed by atoms with Gasteiger partial charge in [-0.05, 0) is 12.1 Å². The third kappa shape index (κ3) is 4.76. The number of hydrogen-bond acceptors (Lipinski definition) is 4. The van der Waals surface area contributed by atoms with Crippen LogP contribution in [0.4, 0.5) is 13.2 Å². The zero-order valence-electron chi connectivity index (χ0n) is 13.5. The lowest BCUT2D eigenvalue weighted by atomic mass is 9.97. The van der Waals surface area contributed by atoms with Gasteiger partial charge in [0.1, 0.15) is 5.82 Å². The molecule has 136 valence electrons. The highest BCUT2D eigenvalue weighted by Crippen LogP contribution is 2.40. The molecule has 1 amide bonds. The van der Waals surface area contributed by atoms with Gasteiger partial charge in [-0.25, -0.2) is 4.98 Å². The lowest BCUT2D eigenvalue weighted by Gasteiger charge is -2.29. The summed E-state index contributed by atoms with van der Waals surface area (Å²) in [5.74, 6) is -0.831. The number of alkyl halides is 3. The fraction of sp³-hybridized carbons (Fsp3) is 0.375. The number of aryl methyl sites for hydroxylation is 1. The van der Waals surface area contributed by atoms with Gasteiger partial charge in [0, 0.05) is 37.3 Å². The summed E-state index contributed by atoms with van der Waals surface area (Å²) in [6, 6.07) is 9.18. The molecular formula is C16H18F3N3O2S. The quantitative estimate of drug-likeness (QED) is 0.732. The van der Waals surface area contributed by atoms with E-state index in [1.807, 2.05) is 30.3 Å². The van der Waals surface area contributed by atoms with Gasteiger partial charge in [-0.1, -0.05) is 18.2 Å². The van der Waals surface area contributed by atoms with Crippen LogP contribution in [0.2, 0.25) is 0 Å². The van der Waals surface area contributed by atoms with Crippen LogP contribution in [-0.2, 0) is 17.4 Å². The Morgan fingerprint density at radius 1 is 1.32 bits per heavy atom. The molecule has 1 heterocycles. The Kier molecular flexibility index (Phi) is 6.12. The Labute approximate surface area is 147 Å². The summed E-state index contributed by atoms with van der Waals surface area (Å²) in [4.78, 5) is 16.3. The maximum absolute atomic E-state index is 13.3. The third-order valence-electron chi connectivity index (χ3n) is 3.58. The normalized spacial score (nSPS) is 14.1. The maximum atomic E-state index is 13.3. The minimum Gasteiger partial charge on any atom is -0.374 e. The summed E-state index contributed by atoms with van der Waals surface area (Å²) in [7, 11) is 1.37. The molecule has 1 aromatic carbocycles. The number of carbonyl (C=O) groups excluding carboxylic acids is 1. The van der Waals surface area contributed by atoms with Gasteiger partial charge >= 0.3 is 6.18 Å². The van der Waals surface area contributed by atoms with E-state index in [0.29, 0.717) is 0 Å². The molecule has 1 aromatic heterocycles. The van der Waals surface area contributed by atoms with Crippen molar-refractivity contribution >= 4 is 17.7 Å². The van der Waals surface area contributed by atoms with Crippen LogP contribution in [0.15, 0.2) is 47.6 Å². The minimum atomic E-state index is -4.91. The van der Waals surface area contributed by atoms with Crippen LogP contribution in [0.3, 0.4) is 0 Å². The number of nitrogens with zero attached hydrogens (tertiary/aromatic N) is 2. The van der Waals surface area contributed by atoms with Crippen molar-refractivity contribution < 1.29 is 23.1 Å². The first kappa shape index (κ1) is 19.3. The highest BCUT2D eigenvalue weighted by atomic mass is 32.2. The number of rotatable bonds is 7. The second kappa shape index (κ2) is 7.92. The van der Waals surface area contributed by atoms with Crippen LogP contribution in [0.1, 0.15) is 12.2 Å². The zero-order valence-corrected chi connectivity index (χ0v) is 14.3. The summed E-state index contributed by atoms with van der Waals surface area (Å²) in [6.45, 7) is -0.322. The van der Waals surface area contributed by atoms with Gasteiger partial charge in [-0.3, -0.25) is 4.79 Å². The summed E-state index contributed by atoms with van der Waals surface area (Å²) >= 11 is 1.28. The molecule has 9 heteroatoms. The van der Waals surface area contributed by atoms with Gasteiger partial charge in [0.25, 0.3) is 0 Å². The molecule has 0 fully saturated rings. The monoisotopic (exact) mass is 373 g/mol. The lowest BCUT2D eigenvalue weighted by Crippen LogP contribution is -2.46. The van der Waals surface area contributed by atoms with Crippen LogP contribution < -0.4 is 5.32 Å². The highest BCUT2D eigenvalue weighted by molar-refractivity contribution is 8.00. The summed E-state index contributed by atoms with van der Waals surface area (Å²) in [5, 5.41) is 12.6. The van der Waals surface area contributed by atoms with Crippen molar-refractivity contribution in [3.05, 3.63) is 48.5 Å². The smallest absolute Gasteiger partial charge is 0.374 e. The van der Waals surface area contributed by atoms with E-state index in [-0.39, 0.29) is 12.3 Å². The second-order valence-corrected chi connectivity index (χ2v) is 6.47. The highest BCUT2D eigenvalue weighted by Gasteiger charge is 2.57. The molecule has 2 N–H and O–H groups in total. The molecule has 0 saturated heterocycles. The fourth-order valence-electron chi connectivity index (χ4n) is 2.24. The number of imidazole rings is 1. The predicted octanol–water partition coefficient (Wildman–Crippen LogP) is 2.47. The maximum Gasteiger partial charge on any atom is 0.424 e. The number of hydrogen-bond donors (Lipinski definition) is 2. The molecule has 0 bridgehead atoms. The molecule has 1 unspecified atom stereocenters. The van der Waals surface area contributed by atoms with E-state index in [9.17, 15) is 23.1 Å². The Balaban J connectivity index is 1.91. The predicted molar refractivity (Wildman–Crippen MR) is 88.0 cm³/mol. The molecule has 2 aromatic rings. The lowest BCUT2D eigenvalue weighted by molar-refractivity contribution is -0.272. The van der Waals surface area contributed by atoms with E-state index in [1.54, 1.807) is 0 Å². The molecule has 5 nitrogen and oxygen atoms in total. The van der Waals surface area contributed by atoms with Crippen molar-refractivity contribution in [3.63, 3.8) is 0 Å². The van der Waals surface area contributed by atoms with Gasteiger partial charge < -0.3 is 15.0 Å². The number of amides is 1. The second-order valence-electron chi connectivity index (χ2n) is 5.42. The first-order valence-electron chi connectivity index (χ1n) is 7.45. The first-order chi connectivity index (χ1) is 11.7. The van der Waals surface area contributed by atoms with Gasteiger partial charge in [-0.2, -0.15) is 13.2 Å². The number of aromatic nitrogens is 2. The Morgan fingerprint density at radius 2 is 2.00 bits per heavy atom. The average Bonchev–Trinajstić information content (AvgIpc) is 2.99. The molecular weight excluding hydrogens is 355 g/mol. The standard InChI is InChI=1S/C16H18F3N3O2S/c1-22-10-9-21-14(22)15(24,16(17,18)19)7-8-20-13(23)11-25-12-5-3-2-4-6-12/h2-6,9-10,24H,7-8,11H2,1H3,(H,20,23). The van der Waals surface area contributed by atoms with Crippen molar-refractivity contribution in [2.75, 3.05) is 12.3 Å². The Hall–Kier alpha value is -2.00. The number of thioether (sulfide) groups is 1. The third-order valence-corrected chi connectivity index (χ3v) is 4.59. The molecule has 2 rings (SSSR count). The SMILES string of the molecule is Cn1ccnc1C(O)(CCNC(=O)CSc1ccccc1)C(F)(F)F. The van der Waals surface area contributed by atoms with Gasteiger partial charge in [0.2, 0.25) is 11.5 Å². The van der Waals surface area contributed by atoms with E-state index in [4.69, 9.17) is 0 Å². The van der Waals surface area contributed by atoms with E-state index in [0.717, 1.165) is 9.46 Å². The number of nitrogens with one attached hydrogen (secondary N) is 1. The summed E-state index contributed by atoms with van der Waals surface area (Å²) in [5.41, 5.74) is -3.12. The van der Waals surface area contributed by atoms with Gasteiger partial charge in [-0.15, -0.1) is 11.8 Å². The van der Waals surface area contributed by atoms with Crippen LogP contribution >= 0.6 is 11.8 Å². The summed E-state index contributed by atoms with van der Waals surface area (Å²) < 4.78 is 41.1. The number of halogens is 3. The largest absolute Gasteiger partial charge is 0.424 e. The number of carbonyl (C=O) groups is 1. The van der Waals surface area contributed by atoms with Crippen molar-refractivity contribution in [1.82, 2.24) is 14.9 Å². The van der Waals surface area contributed by atoms with E-state index in [1.165, 1.54) is 31.2 Å². The van der Waals surface area contributed by atoms with E-state index >= 15 is 0 Å². The van der Waals surface area contributed by atoms with E-state index in [2.05, 4.69) is 10.3 Å². The molecule has 0 spiro atoms. The van der Waals surface area contributed by atoms with Crippen molar-refractivity contribution in [1.29, 1.82) is 0 Å². The molecule has 25 heavy (non-hydrogen) atoms. The minimum absolute atomic E-state index is 0.0802. The van der Waals surface area contributed by atoms with Crippen LogP contribution in [0.25, 0.3) is 0 Å². The number of aliphatic hydroxyl groups is 1. The van der Waals surface area contributed by atoms with E-state index < -0.39 is 29.9 Å². The average molecular weight is 373 g/mol. The molecule has 0 aliphatic carbocycles. The zero-order chi connectivity index (χ0) is 18.5. The topological polar surface area (TPSA) is 67.2 Å². The van der Waals surface area contributed by atoms with Crippen molar-refractivity contribution in [2.24, 2.45) is 7.05 Å². The Morgan fingerprint density at radius 3 is 2.56 bits per heavy atom. The molecule has 0 aliphatic rings. The van der Waals surface area contributed by atoms with Crippen molar-refractivity contribution in [3.8, 4) is 0 Å². The van der Waals surface area contributed by atoms with Crippen LogP contribution in [0.5, 0.6) is 0 Å². The van der Waals surface area contributed by atoms with Gasteiger partial charge in [0.15, 0.2) is 0 Å². The van der Waals surface area contributed by atoms with Crippen LogP contribution in [0, 0.1) is 0 Å². The molecule has 1 atom stereocenters. The first-order valence-corrected chi connectivity index (χ1v) is 8.44. The number of benzene rings is 1. The van der Waals surface area contributed by atoms with Crippen LogP contribution in [-0.4, -0.2) is 39.0 Å².